The van der Waals surface area contributed by atoms with Gasteiger partial charge in [-0.25, -0.2) is 0 Å². The lowest BCUT2D eigenvalue weighted by Crippen LogP contribution is -1.94. The van der Waals surface area contributed by atoms with Crippen molar-refractivity contribution in [2.75, 3.05) is 0 Å². The van der Waals surface area contributed by atoms with Gasteiger partial charge in [0.1, 0.15) is 0 Å². The van der Waals surface area contributed by atoms with E-state index < -0.39 is 0 Å². The smallest absolute Gasteiger partial charge is 0.0547 e. The van der Waals surface area contributed by atoms with Gasteiger partial charge in [-0.1, -0.05) is 222 Å². The number of aromatic nitrogens is 2. The minimum atomic E-state index is 1.05. The van der Waals surface area contributed by atoms with Crippen LogP contribution in [-0.4, -0.2) is 9.13 Å². The number of hydrogen-bond acceptors (Lipinski definition) is 0. The van der Waals surface area contributed by atoms with E-state index in [1.807, 2.05) is 0 Å². The summed E-state index contributed by atoms with van der Waals surface area (Å²) in [5, 5.41) is 4.91. The summed E-state index contributed by atoms with van der Waals surface area (Å²) in [7, 11) is 0. The van der Waals surface area contributed by atoms with Gasteiger partial charge in [-0.2, -0.15) is 0 Å². The zero-order chi connectivity index (χ0) is 50.7. The molecule has 0 aliphatic carbocycles. The third kappa shape index (κ3) is 8.01. The Morgan fingerprint density at radius 1 is 0.211 bits per heavy atom. The average Bonchev–Trinajstić information content (AvgIpc) is 4.01. The summed E-state index contributed by atoms with van der Waals surface area (Å²) in [5.41, 5.74) is 23.3. The van der Waals surface area contributed by atoms with Gasteiger partial charge in [0, 0.05) is 41.9 Å². The lowest BCUT2D eigenvalue weighted by Gasteiger charge is -2.17. The first-order chi connectivity index (χ1) is 37.5. The number of fused-ring (bicyclic) bond motifs is 6. The minimum absolute atomic E-state index is 1.05. The van der Waals surface area contributed by atoms with Gasteiger partial charge < -0.3 is 9.13 Å². The van der Waals surface area contributed by atoms with Crippen molar-refractivity contribution in [1.29, 1.82) is 0 Å². The van der Waals surface area contributed by atoms with Crippen LogP contribution in [0.5, 0.6) is 0 Å². The van der Waals surface area contributed by atoms with Crippen LogP contribution in [0.4, 0.5) is 0 Å². The summed E-state index contributed by atoms with van der Waals surface area (Å²) in [6, 6.07) is 102. The van der Waals surface area contributed by atoms with Crippen molar-refractivity contribution < 1.29 is 0 Å². The molecule has 2 heterocycles. The Bertz CT molecular complexity index is 4520. The summed E-state index contributed by atoms with van der Waals surface area (Å²) >= 11 is 7.95. The molecule has 0 saturated carbocycles. The predicted molar refractivity (Wildman–Crippen MR) is 329 cm³/mol. The first-order valence-electron chi connectivity index (χ1n) is 25.7. The van der Waals surface area contributed by atoms with Gasteiger partial charge in [0.25, 0.3) is 0 Å². The van der Waals surface area contributed by atoms with E-state index in [1.54, 1.807) is 0 Å². The molecule has 12 aromatic carbocycles. The minimum Gasteiger partial charge on any atom is -0.309 e. The molecule has 2 nitrogen and oxygen atoms in total. The molecule has 0 saturated heterocycles. The Labute approximate surface area is 458 Å². The highest BCUT2D eigenvalue weighted by atomic mass is 79.9. The molecule has 4 heteroatoms. The normalized spacial score (nSPS) is 11.6. The highest BCUT2D eigenvalue weighted by molar-refractivity contribution is 9.11. The van der Waals surface area contributed by atoms with Gasteiger partial charge >= 0.3 is 0 Å². The molecule has 0 N–H and O–H groups in total. The largest absolute Gasteiger partial charge is 0.309 e. The maximum absolute atomic E-state index is 4.23. The second-order valence-electron chi connectivity index (χ2n) is 19.5. The zero-order valence-electron chi connectivity index (χ0n) is 41.2. The first kappa shape index (κ1) is 45.8. The standard InChI is InChI=1S/C72H46Br2N2/c73-55-22-15-21-53(41-55)58-36-31-49(42-66(58)47-17-5-1-6-18-47)52-34-39-63-64-40-35-54(46-71(64)76(70(63)45-52)57-25-11-4-12-26-57)59-28-16-29-65(72(59)74)60-37-32-50(43-67(60)48-19-7-2-8-20-48)51-33-38-62-61-27-13-14-30-68(61)75(69(62)44-51)56-23-9-3-10-24-56/h1-46H. The fourth-order valence-corrected chi connectivity index (χ4v) is 12.6. The fraction of sp³-hybridized carbons (Fsp3) is 0. The van der Waals surface area contributed by atoms with E-state index in [0.717, 1.165) is 59.2 Å². The van der Waals surface area contributed by atoms with E-state index in [4.69, 9.17) is 0 Å². The van der Waals surface area contributed by atoms with Crippen molar-refractivity contribution in [3.05, 3.63) is 288 Å². The monoisotopic (exact) mass is 1100 g/mol. The molecule has 0 aliphatic rings. The number of halogens is 2. The Morgan fingerprint density at radius 3 is 1.18 bits per heavy atom. The third-order valence-electron chi connectivity index (χ3n) is 15.1. The second kappa shape index (κ2) is 19.2. The van der Waals surface area contributed by atoms with E-state index in [0.29, 0.717) is 0 Å². The zero-order valence-corrected chi connectivity index (χ0v) is 44.4. The van der Waals surface area contributed by atoms with Crippen molar-refractivity contribution in [2.24, 2.45) is 0 Å². The third-order valence-corrected chi connectivity index (χ3v) is 16.4. The second-order valence-corrected chi connectivity index (χ2v) is 21.2. The molecule has 0 spiro atoms. The number of para-hydroxylation sites is 3. The first-order valence-corrected chi connectivity index (χ1v) is 27.3. The summed E-state index contributed by atoms with van der Waals surface area (Å²) in [4.78, 5) is 0. The van der Waals surface area contributed by atoms with Crippen molar-refractivity contribution in [1.82, 2.24) is 9.13 Å². The van der Waals surface area contributed by atoms with Crippen LogP contribution in [0.25, 0.3) is 133 Å². The van der Waals surface area contributed by atoms with Gasteiger partial charge in [0.15, 0.2) is 0 Å². The van der Waals surface area contributed by atoms with Crippen LogP contribution in [0.15, 0.2) is 288 Å². The molecule has 0 aliphatic heterocycles. The van der Waals surface area contributed by atoms with Gasteiger partial charge in [0.05, 0.1) is 22.1 Å². The van der Waals surface area contributed by atoms with Crippen molar-refractivity contribution >= 4 is 75.5 Å². The SMILES string of the molecule is Brc1cccc(-c2ccc(-c3ccc4c5ccc(-c6cccc(-c7ccc(-c8ccc9c%10ccccc%10n(-c%10ccccc%10)c9c8)cc7-c7ccccc7)c6Br)cc5n(-c5ccccc5)c4c3)cc2-c2ccccc2)c1. The van der Waals surface area contributed by atoms with Gasteiger partial charge in [-0.15, -0.1) is 0 Å². The molecule has 0 radical (unpaired) electrons. The van der Waals surface area contributed by atoms with Gasteiger partial charge in [-0.05, 0) is 167 Å². The molecule has 14 rings (SSSR count). The maximum atomic E-state index is 4.23. The Morgan fingerprint density at radius 2 is 0.605 bits per heavy atom. The maximum Gasteiger partial charge on any atom is 0.0547 e. The number of benzene rings is 12. The molecule has 2 aromatic heterocycles. The average molecular weight is 1100 g/mol. The molecule has 0 fully saturated rings. The summed E-state index contributed by atoms with van der Waals surface area (Å²) in [5.74, 6) is 0. The van der Waals surface area contributed by atoms with Gasteiger partial charge in [-0.3, -0.25) is 0 Å². The summed E-state index contributed by atoms with van der Waals surface area (Å²) in [6.45, 7) is 0. The van der Waals surface area contributed by atoms with E-state index in [1.165, 1.54) is 82.6 Å². The van der Waals surface area contributed by atoms with E-state index in [9.17, 15) is 0 Å². The Hall–Kier alpha value is -8.80. The van der Waals surface area contributed by atoms with Crippen LogP contribution in [-0.2, 0) is 0 Å². The van der Waals surface area contributed by atoms with Crippen molar-refractivity contribution in [3.63, 3.8) is 0 Å². The highest BCUT2D eigenvalue weighted by Gasteiger charge is 2.20. The molecule has 358 valence electrons. The van der Waals surface area contributed by atoms with Crippen molar-refractivity contribution in [3.8, 4) is 89.3 Å². The quantitative estimate of drug-likeness (QED) is 0.136. The van der Waals surface area contributed by atoms with E-state index in [2.05, 4.69) is 320 Å². The molecule has 0 unspecified atom stereocenters. The van der Waals surface area contributed by atoms with Crippen LogP contribution in [0, 0.1) is 0 Å². The molecule has 0 atom stereocenters. The van der Waals surface area contributed by atoms with E-state index >= 15 is 0 Å². The fourth-order valence-electron chi connectivity index (χ4n) is 11.5. The van der Waals surface area contributed by atoms with E-state index in [-0.39, 0.29) is 0 Å². The Balaban J connectivity index is 0.888. The molecule has 76 heavy (non-hydrogen) atoms. The molecular weight excluding hydrogens is 1050 g/mol. The number of nitrogens with zero attached hydrogens (tertiary/aromatic N) is 2. The number of hydrogen-bond donors (Lipinski definition) is 0. The Kier molecular flexibility index (Phi) is 11.5. The predicted octanol–water partition coefficient (Wildman–Crippen LogP) is 21.1. The van der Waals surface area contributed by atoms with Crippen LogP contribution in [0.2, 0.25) is 0 Å². The highest BCUT2D eigenvalue weighted by Crippen LogP contribution is 2.45. The van der Waals surface area contributed by atoms with Crippen molar-refractivity contribution in [2.45, 2.75) is 0 Å². The number of rotatable bonds is 9. The molecular formula is C72H46Br2N2. The van der Waals surface area contributed by atoms with Crippen LogP contribution in [0.1, 0.15) is 0 Å². The lowest BCUT2D eigenvalue weighted by molar-refractivity contribution is 1.18. The molecule has 14 aromatic rings. The topological polar surface area (TPSA) is 9.86 Å². The van der Waals surface area contributed by atoms with Crippen LogP contribution >= 0.6 is 31.9 Å². The molecule has 0 bridgehead atoms. The van der Waals surface area contributed by atoms with Crippen LogP contribution in [0.3, 0.4) is 0 Å². The summed E-state index contributed by atoms with van der Waals surface area (Å²) < 4.78 is 6.95. The van der Waals surface area contributed by atoms with Crippen LogP contribution < -0.4 is 0 Å². The van der Waals surface area contributed by atoms with Gasteiger partial charge in [0.2, 0.25) is 0 Å². The summed E-state index contributed by atoms with van der Waals surface area (Å²) in [6.07, 6.45) is 0. The lowest BCUT2D eigenvalue weighted by atomic mass is 9.89. The molecule has 0 amide bonds.